The summed E-state index contributed by atoms with van der Waals surface area (Å²) in [6.45, 7) is 6.19. The molecule has 2 aromatic carbocycles. The molecule has 0 saturated carbocycles. The van der Waals surface area contributed by atoms with Crippen LogP contribution in [0, 0.1) is 26.6 Å². The Balaban J connectivity index is 1.46. The highest BCUT2D eigenvalue weighted by molar-refractivity contribution is 5.98. The summed E-state index contributed by atoms with van der Waals surface area (Å²) < 4.78 is 19.4. The number of likely N-dealkylation sites (tertiary alicyclic amines) is 1. The number of nitrogens with zero attached hydrogens (tertiary/aromatic N) is 6. The van der Waals surface area contributed by atoms with E-state index in [0.29, 0.717) is 47.1 Å². The molecule has 1 unspecified atom stereocenters. The number of benzene rings is 2. The van der Waals surface area contributed by atoms with Crippen LogP contribution < -0.4 is 0 Å². The molecule has 1 aliphatic rings. The summed E-state index contributed by atoms with van der Waals surface area (Å²) in [7, 11) is 0. The topological polar surface area (TPSA) is 89.9 Å². The first-order valence-corrected chi connectivity index (χ1v) is 10.3. The molecular weight excluding hydrogens is 411 g/mol. The highest BCUT2D eigenvalue weighted by Crippen LogP contribution is 2.36. The fourth-order valence-electron chi connectivity index (χ4n) is 3.85. The van der Waals surface area contributed by atoms with Crippen LogP contribution in [0.15, 0.2) is 47.2 Å². The number of carbonyl (C=O) groups is 1. The summed E-state index contributed by atoms with van der Waals surface area (Å²) in [5, 5.41) is 12.4. The van der Waals surface area contributed by atoms with Crippen molar-refractivity contribution in [3.8, 4) is 17.1 Å². The number of aryl methyl sites for hydroxylation is 2. The Hall–Kier alpha value is -3.88. The van der Waals surface area contributed by atoms with Crippen molar-refractivity contribution in [1.82, 2.24) is 30.0 Å². The number of rotatable bonds is 4. The molecule has 9 heteroatoms. The van der Waals surface area contributed by atoms with Crippen molar-refractivity contribution in [2.45, 2.75) is 33.2 Å². The van der Waals surface area contributed by atoms with Crippen molar-refractivity contribution < 1.29 is 13.7 Å². The fourth-order valence-corrected chi connectivity index (χ4v) is 3.85. The SMILES string of the molecule is Cc1cc(C(=O)N2CCC2c2nc(-c3cccc(F)c3C)no2)c(-n2nccn2)cc1C. The van der Waals surface area contributed by atoms with Gasteiger partial charge in [0, 0.05) is 12.1 Å². The normalized spacial score (nSPS) is 15.6. The van der Waals surface area contributed by atoms with Crippen LogP contribution in [0.5, 0.6) is 0 Å². The first-order chi connectivity index (χ1) is 15.4. The van der Waals surface area contributed by atoms with Crippen LogP contribution in [0.25, 0.3) is 17.1 Å². The third kappa shape index (κ3) is 3.26. The lowest BCUT2D eigenvalue weighted by atomic mass is 9.98. The zero-order valence-electron chi connectivity index (χ0n) is 17.9. The molecule has 1 aliphatic heterocycles. The highest BCUT2D eigenvalue weighted by atomic mass is 19.1. The molecule has 0 spiro atoms. The molecule has 8 nitrogen and oxygen atoms in total. The zero-order valence-corrected chi connectivity index (χ0v) is 17.9. The first kappa shape index (κ1) is 20.0. The number of amides is 1. The van der Waals surface area contributed by atoms with Crippen molar-refractivity contribution in [3.63, 3.8) is 0 Å². The van der Waals surface area contributed by atoms with E-state index in [-0.39, 0.29) is 17.8 Å². The Bertz CT molecular complexity index is 1310. The molecule has 1 saturated heterocycles. The minimum absolute atomic E-state index is 0.154. The Labute approximate surface area is 183 Å². The van der Waals surface area contributed by atoms with E-state index < -0.39 is 0 Å². The van der Waals surface area contributed by atoms with Crippen LogP contribution in [-0.4, -0.2) is 42.5 Å². The standard InChI is InChI=1S/C23H21FN6O2/c1-13-11-17(20(12-14(13)2)30-25-8-9-26-30)23(31)29-10-7-19(29)22-27-21(28-32-22)16-5-4-6-18(24)15(16)3/h4-6,8-9,11-12,19H,7,10H2,1-3H3. The maximum Gasteiger partial charge on any atom is 0.256 e. The largest absolute Gasteiger partial charge is 0.337 e. The molecule has 162 valence electrons. The van der Waals surface area contributed by atoms with E-state index >= 15 is 0 Å². The summed E-state index contributed by atoms with van der Waals surface area (Å²) in [6.07, 6.45) is 3.85. The molecule has 0 bridgehead atoms. The van der Waals surface area contributed by atoms with Gasteiger partial charge < -0.3 is 9.42 Å². The van der Waals surface area contributed by atoms with Crippen LogP contribution in [0.2, 0.25) is 0 Å². The molecule has 5 rings (SSSR count). The predicted octanol–water partition coefficient (Wildman–Crippen LogP) is 3.97. The minimum Gasteiger partial charge on any atom is -0.337 e. The van der Waals surface area contributed by atoms with E-state index in [1.54, 1.807) is 36.4 Å². The highest BCUT2D eigenvalue weighted by Gasteiger charge is 2.39. The summed E-state index contributed by atoms with van der Waals surface area (Å²) in [5.74, 6) is 0.164. The molecule has 32 heavy (non-hydrogen) atoms. The molecule has 1 fully saturated rings. The lowest BCUT2D eigenvalue weighted by Gasteiger charge is -2.38. The van der Waals surface area contributed by atoms with Gasteiger partial charge in [0.2, 0.25) is 11.7 Å². The van der Waals surface area contributed by atoms with Crippen LogP contribution >= 0.6 is 0 Å². The van der Waals surface area contributed by atoms with Crippen LogP contribution in [-0.2, 0) is 0 Å². The Morgan fingerprint density at radius 3 is 2.59 bits per heavy atom. The smallest absolute Gasteiger partial charge is 0.256 e. The number of carbonyl (C=O) groups excluding carboxylic acids is 1. The monoisotopic (exact) mass is 432 g/mol. The fraction of sp³-hybridized carbons (Fsp3) is 0.261. The molecule has 1 atom stereocenters. The van der Waals surface area contributed by atoms with Crippen molar-refractivity contribution in [1.29, 1.82) is 0 Å². The van der Waals surface area contributed by atoms with Crippen molar-refractivity contribution in [2.24, 2.45) is 0 Å². The molecule has 3 heterocycles. The van der Waals surface area contributed by atoms with Crippen molar-refractivity contribution in [2.75, 3.05) is 6.54 Å². The first-order valence-electron chi connectivity index (χ1n) is 10.3. The van der Waals surface area contributed by atoms with Crippen LogP contribution in [0.1, 0.15) is 45.4 Å². The average molecular weight is 432 g/mol. The summed E-state index contributed by atoms with van der Waals surface area (Å²) in [6, 6.07) is 8.18. The van der Waals surface area contributed by atoms with E-state index in [1.165, 1.54) is 10.9 Å². The predicted molar refractivity (Wildman–Crippen MR) is 114 cm³/mol. The number of hydrogen-bond donors (Lipinski definition) is 0. The van der Waals surface area contributed by atoms with Gasteiger partial charge in [-0.2, -0.15) is 20.0 Å². The van der Waals surface area contributed by atoms with Crippen LogP contribution in [0.4, 0.5) is 4.39 Å². The van der Waals surface area contributed by atoms with Gasteiger partial charge in [-0.15, -0.1) is 0 Å². The number of hydrogen-bond acceptors (Lipinski definition) is 6. The second-order valence-electron chi connectivity index (χ2n) is 7.94. The van der Waals surface area contributed by atoms with Gasteiger partial charge in [0.25, 0.3) is 5.91 Å². The maximum atomic E-state index is 13.9. The van der Waals surface area contributed by atoms with Gasteiger partial charge in [-0.3, -0.25) is 4.79 Å². The molecule has 0 radical (unpaired) electrons. The van der Waals surface area contributed by atoms with Crippen molar-refractivity contribution in [3.05, 3.63) is 76.7 Å². The molecule has 0 aliphatic carbocycles. The number of halogens is 1. The molecule has 2 aromatic heterocycles. The number of aromatic nitrogens is 5. The van der Waals surface area contributed by atoms with Crippen LogP contribution in [0.3, 0.4) is 0 Å². The summed E-state index contributed by atoms with van der Waals surface area (Å²) in [4.78, 5) is 21.1. The van der Waals surface area contributed by atoms with E-state index in [2.05, 4.69) is 20.3 Å². The molecule has 1 amide bonds. The lowest BCUT2D eigenvalue weighted by molar-refractivity contribution is 0.0378. The van der Waals surface area contributed by atoms with E-state index in [9.17, 15) is 9.18 Å². The summed E-state index contributed by atoms with van der Waals surface area (Å²) >= 11 is 0. The molecule has 0 N–H and O–H groups in total. The van der Waals surface area contributed by atoms with E-state index in [1.807, 2.05) is 26.0 Å². The van der Waals surface area contributed by atoms with E-state index in [0.717, 1.165) is 11.1 Å². The average Bonchev–Trinajstić information content (AvgIpc) is 3.43. The Morgan fingerprint density at radius 1 is 1.12 bits per heavy atom. The lowest BCUT2D eigenvalue weighted by Crippen LogP contribution is -2.45. The van der Waals surface area contributed by atoms with E-state index in [4.69, 9.17) is 4.52 Å². The zero-order chi connectivity index (χ0) is 22.4. The third-order valence-corrected chi connectivity index (χ3v) is 5.99. The van der Waals surface area contributed by atoms with Gasteiger partial charge in [-0.1, -0.05) is 17.3 Å². The van der Waals surface area contributed by atoms with Gasteiger partial charge >= 0.3 is 0 Å². The minimum atomic E-state index is -0.336. The summed E-state index contributed by atoms with van der Waals surface area (Å²) in [5.41, 5.74) is 4.19. The second kappa shape index (κ2) is 7.67. The Kier molecular flexibility index (Phi) is 4.80. The van der Waals surface area contributed by atoms with Crippen molar-refractivity contribution >= 4 is 5.91 Å². The Morgan fingerprint density at radius 2 is 1.88 bits per heavy atom. The second-order valence-corrected chi connectivity index (χ2v) is 7.94. The van der Waals surface area contributed by atoms with Gasteiger partial charge in [-0.25, -0.2) is 4.39 Å². The molecular formula is C23H21FN6O2. The van der Waals surface area contributed by atoms with Gasteiger partial charge in [0.1, 0.15) is 11.9 Å². The maximum absolute atomic E-state index is 13.9. The van der Waals surface area contributed by atoms with Gasteiger partial charge in [0.05, 0.1) is 23.6 Å². The van der Waals surface area contributed by atoms with Gasteiger partial charge in [-0.05, 0) is 62.1 Å². The molecule has 4 aromatic rings. The van der Waals surface area contributed by atoms with Gasteiger partial charge in [0.15, 0.2) is 0 Å². The quantitative estimate of drug-likeness (QED) is 0.485. The third-order valence-electron chi connectivity index (χ3n) is 5.99.